The van der Waals surface area contributed by atoms with Gasteiger partial charge in [0.15, 0.2) is 0 Å². The van der Waals surface area contributed by atoms with Gasteiger partial charge in [0.05, 0.1) is 18.7 Å². The molecule has 0 saturated heterocycles. The quantitative estimate of drug-likeness (QED) is 0.366. The number of nitrogens with one attached hydrogen (secondary N) is 2. The Morgan fingerprint density at radius 1 is 1.03 bits per heavy atom. The van der Waals surface area contributed by atoms with Crippen LogP contribution in [0.15, 0.2) is 72.9 Å². The smallest absolute Gasteiger partial charge is 0.307 e. The van der Waals surface area contributed by atoms with E-state index in [4.69, 9.17) is 4.74 Å². The normalized spacial score (nSPS) is 14.3. The van der Waals surface area contributed by atoms with Crippen LogP contribution in [-0.2, 0) is 9.59 Å². The number of unbranched alkanes of at least 4 members (excludes halogenated alkanes) is 1. The van der Waals surface area contributed by atoms with Crippen LogP contribution in [0.25, 0.3) is 0 Å². The minimum atomic E-state index is -1.00. The first-order chi connectivity index (χ1) is 17.5. The van der Waals surface area contributed by atoms with E-state index in [0.717, 1.165) is 12.2 Å². The van der Waals surface area contributed by atoms with E-state index in [-0.39, 0.29) is 24.8 Å². The third-order valence-corrected chi connectivity index (χ3v) is 5.68. The molecule has 9 nitrogen and oxygen atoms in total. The summed E-state index contributed by atoms with van der Waals surface area (Å²) in [7, 11) is 0. The van der Waals surface area contributed by atoms with E-state index in [0.29, 0.717) is 42.1 Å². The highest BCUT2D eigenvalue weighted by molar-refractivity contribution is 6.07. The molecule has 36 heavy (non-hydrogen) atoms. The maximum Gasteiger partial charge on any atom is 0.307 e. The van der Waals surface area contributed by atoms with E-state index < -0.39 is 12.1 Å². The maximum absolute atomic E-state index is 13.3. The zero-order valence-electron chi connectivity index (χ0n) is 19.7. The number of fused-ring (bicyclic) bond motifs is 1. The minimum absolute atomic E-state index is 0.0910. The van der Waals surface area contributed by atoms with Gasteiger partial charge in [-0.3, -0.25) is 14.4 Å². The SMILES string of the molecule is O=C(O)CC1CN(C(=O)c2ccccc2)c2cc(NC(=O)CCCCNc3ccccn3)ccc2O1. The van der Waals surface area contributed by atoms with Crippen molar-refractivity contribution in [3.8, 4) is 5.75 Å². The third-order valence-electron chi connectivity index (χ3n) is 5.68. The molecular weight excluding hydrogens is 460 g/mol. The van der Waals surface area contributed by atoms with Crippen molar-refractivity contribution >= 4 is 35.0 Å². The number of hydrogen-bond donors (Lipinski definition) is 3. The Kier molecular flexibility index (Phi) is 8.12. The number of benzene rings is 2. The Balaban J connectivity index is 1.39. The number of carbonyl (C=O) groups is 3. The molecule has 0 bridgehead atoms. The highest BCUT2D eigenvalue weighted by Crippen LogP contribution is 2.37. The number of pyridine rings is 1. The van der Waals surface area contributed by atoms with Gasteiger partial charge in [0.25, 0.3) is 5.91 Å². The van der Waals surface area contributed by atoms with E-state index in [9.17, 15) is 19.5 Å². The monoisotopic (exact) mass is 488 g/mol. The van der Waals surface area contributed by atoms with Gasteiger partial charge in [-0.25, -0.2) is 4.98 Å². The second-order valence-electron chi connectivity index (χ2n) is 8.45. The lowest BCUT2D eigenvalue weighted by Crippen LogP contribution is -2.44. The van der Waals surface area contributed by atoms with E-state index in [1.54, 1.807) is 48.7 Å². The van der Waals surface area contributed by atoms with Gasteiger partial charge in [-0.2, -0.15) is 0 Å². The number of carboxylic acid groups (broad SMARTS) is 1. The number of hydrogen-bond acceptors (Lipinski definition) is 6. The summed E-state index contributed by atoms with van der Waals surface area (Å²) in [5.74, 6) is -0.197. The molecule has 2 aromatic carbocycles. The van der Waals surface area contributed by atoms with Crippen LogP contribution in [-0.4, -0.2) is 47.1 Å². The molecule has 186 valence electrons. The van der Waals surface area contributed by atoms with Crippen LogP contribution in [0.5, 0.6) is 5.75 Å². The van der Waals surface area contributed by atoms with Crippen LogP contribution in [0.1, 0.15) is 36.0 Å². The predicted molar refractivity (Wildman–Crippen MR) is 136 cm³/mol. The van der Waals surface area contributed by atoms with E-state index >= 15 is 0 Å². The molecule has 4 rings (SSSR count). The van der Waals surface area contributed by atoms with Gasteiger partial charge in [0.1, 0.15) is 17.7 Å². The number of ether oxygens (including phenoxy) is 1. The third kappa shape index (κ3) is 6.59. The van der Waals surface area contributed by atoms with Crippen molar-refractivity contribution in [2.75, 3.05) is 28.6 Å². The Morgan fingerprint density at radius 2 is 1.83 bits per heavy atom. The zero-order chi connectivity index (χ0) is 25.3. The number of carbonyl (C=O) groups excluding carboxylic acids is 2. The average Bonchev–Trinajstić information content (AvgIpc) is 2.88. The van der Waals surface area contributed by atoms with Gasteiger partial charge in [-0.1, -0.05) is 24.3 Å². The fourth-order valence-electron chi connectivity index (χ4n) is 3.97. The van der Waals surface area contributed by atoms with Crippen molar-refractivity contribution in [3.63, 3.8) is 0 Å². The van der Waals surface area contributed by atoms with Crippen LogP contribution >= 0.6 is 0 Å². The molecule has 1 atom stereocenters. The Morgan fingerprint density at radius 3 is 2.58 bits per heavy atom. The van der Waals surface area contributed by atoms with Gasteiger partial charge in [-0.05, 0) is 55.3 Å². The highest BCUT2D eigenvalue weighted by atomic mass is 16.5. The first-order valence-corrected chi connectivity index (χ1v) is 11.8. The van der Waals surface area contributed by atoms with Crippen molar-refractivity contribution in [3.05, 3.63) is 78.5 Å². The first kappa shape index (κ1) is 24.7. The summed E-state index contributed by atoms with van der Waals surface area (Å²) in [5.41, 5.74) is 1.51. The van der Waals surface area contributed by atoms with Crippen molar-refractivity contribution in [1.82, 2.24) is 4.98 Å². The topological polar surface area (TPSA) is 121 Å². The molecule has 2 amide bonds. The molecule has 0 radical (unpaired) electrons. The molecule has 0 aliphatic carbocycles. The first-order valence-electron chi connectivity index (χ1n) is 11.8. The van der Waals surface area contributed by atoms with Gasteiger partial charge < -0.3 is 25.4 Å². The van der Waals surface area contributed by atoms with Gasteiger partial charge >= 0.3 is 5.97 Å². The molecule has 1 unspecified atom stereocenters. The summed E-state index contributed by atoms with van der Waals surface area (Å²) >= 11 is 0. The summed E-state index contributed by atoms with van der Waals surface area (Å²) in [6, 6.07) is 19.5. The van der Waals surface area contributed by atoms with Crippen molar-refractivity contribution < 1.29 is 24.2 Å². The number of nitrogens with zero attached hydrogens (tertiary/aromatic N) is 2. The van der Waals surface area contributed by atoms with Gasteiger partial charge in [0, 0.05) is 30.4 Å². The lowest BCUT2D eigenvalue weighted by atomic mass is 10.1. The van der Waals surface area contributed by atoms with Crippen LogP contribution in [0.3, 0.4) is 0 Å². The van der Waals surface area contributed by atoms with Crippen LogP contribution in [0.2, 0.25) is 0 Å². The molecule has 9 heteroatoms. The molecule has 1 aliphatic rings. The molecule has 0 spiro atoms. The molecule has 3 N–H and O–H groups in total. The standard InChI is InChI=1S/C27H28N4O5/c32-25(11-5-7-15-29-24-10-4-6-14-28-24)30-20-12-13-23-22(16-20)31(18-21(36-23)17-26(33)34)27(35)19-8-2-1-3-9-19/h1-4,6,8-10,12-14,16,21H,5,7,11,15,17-18H2,(H,28,29)(H,30,32)(H,33,34). The van der Waals surface area contributed by atoms with Crippen molar-refractivity contribution in [2.45, 2.75) is 31.8 Å². The molecule has 1 aliphatic heterocycles. The van der Waals surface area contributed by atoms with E-state index in [1.165, 1.54) is 4.90 Å². The lowest BCUT2D eigenvalue weighted by Gasteiger charge is -2.34. The van der Waals surface area contributed by atoms with Crippen LogP contribution < -0.4 is 20.3 Å². The van der Waals surface area contributed by atoms with E-state index in [1.807, 2.05) is 24.3 Å². The molecule has 1 aromatic heterocycles. The molecule has 0 fully saturated rings. The fraction of sp³-hybridized carbons (Fsp3) is 0.259. The summed E-state index contributed by atoms with van der Waals surface area (Å²) in [4.78, 5) is 42.7. The fourth-order valence-corrected chi connectivity index (χ4v) is 3.97. The number of aromatic nitrogens is 1. The summed E-state index contributed by atoms with van der Waals surface area (Å²) in [6.45, 7) is 0.808. The number of carboxylic acids is 1. The highest BCUT2D eigenvalue weighted by Gasteiger charge is 2.32. The summed E-state index contributed by atoms with van der Waals surface area (Å²) in [5, 5.41) is 15.3. The number of aliphatic carboxylic acids is 1. The van der Waals surface area contributed by atoms with Crippen LogP contribution in [0, 0.1) is 0 Å². The Hall–Kier alpha value is -4.40. The van der Waals surface area contributed by atoms with Crippen molar-refractivity contribution in [2.24, 2.45) is 0 Å². The van der Waals surface area contributed by atoms with E-state index in [2.05, 4.69) is 15.6 Å². The van der Waals surface area contributed by atoms with Crippen LogP contribution in [0.4, 0.5) is 17.2 Å². The lowest BCUT2D eigenvalue weighted by molar-refractivity contribution is -0.138. The minimum Gasteiger partial charge on any atom is -0.486 e. The number of amides is 2. The molecule has 3 aromatic rings. The second kappa shape index (κ2) is 11.8. The Bertz CT molecular complexity index is 1200. The van der Waals surface area contributed by atoms with Crippen molar-refractivity contribution in [1.29, 1.82) is 0 Å². The molecule has 0 saturated carbocycles. The number of anilines is 3. The average molecular weight is 489 g/mol. The number of rotatable bonds is 10. The maximum atomic E-state index is 13.3. The largest absolute Gasteiger partial charge is 0.486 e. The molecule has 2 heterocycles. The zero-order valence-corrected chi connectivity index (χ0v) is 19.7. The van der Waals surface area contributed by atoms with Gasteiger partial charge in [-0.15, -0.1) is 0 Å². The molecular formula is C27H28N4O5. The summed E-state index contributed by atoms with van der Waals surface area (Å²) < 4.78 is 5.85. The second-order valence-corrected chi connectivity index (χ2v) is 8.45. The summed E-state index contributed by atoms with van der Waals surface area (Å²) in [6.07, 6.45) is 2.68. The predicted octanol–water partition coefficient (Wildman–Crippen LogP) is 4.19. The Labute approximate surface area is 209 Å². The van der Waals surface area contributed by atoms with Gasteiger partial charge in [0.2, 0.25) is 5.91 Å².